The summed E-state index contributed by atoms with van der Waals surface area (Å²) in [5.74, 6) is 0.912. The predicted octanol–water partition coefficient (Wildman–Crippen LogP) is 2.76. The molecule has 0 spiro atoms. The second-order valence-corrected chi connectivity index (χ2v) is 3.96. The molecule has 0 aliphatic rings. The van der Waals surface area contributed by atoms with Crippen LogP contribution >= 0.6 is 0 Å². The summed E-state index contributed by atoms with van der Waals surface area (Å²) in [7, 11) is 1.69. The van der Waals surface area contributed by atoms with Gasteiger partial charge in [0.05, 0.1) is 7.11 Å². The molecule has 0 bridgehead atoms. The molecule has 0 aliphatic carbocycles. The fourth-order valence-corrected chi connectivity index (χ4v) is 1.67. The molecule has 0 fully saturated rings. The SMILES string of the molecule is CCCCC(N)Cc1cccc(OC)c1. The standard InChI is InChI=1S/C13H21NO/c1-3-4-7-12(14)9-11-6-5-8-13(10-11)15-2/h5-6,8,10,12H,3-4,7,9,14H2,1-2H3. The van der Waals surface area contributed by atoms with Gasteiger partial charge in [-0.15, -0.1) is 0 Å². The third kappa shape index (κ3) is 4.34. The smallest absolute Gasteiger partial charge is 0.119 e. The Morgan fingerprint density at radius 3 is 2.87 bits per heavy atom. The van der Waals surface area contributed by atoms with Crippen LogP contribution in [0.5, 0.6) is 5.75 Å². The first-order valence-electron chi connectivity index (χ1n) is 5.64. The molecule has 0 saturated carbocycles. The van der Waals surface area contributed by atoms with Gasteiger partial charge in [0.1, 0.15) is 5.75 Å². The van der Waals surface area contributed by atoms with Crippen LogP contribution in [0.3, 0.4) is 0 Å². The van der Waals surface area contributed by atoms with Gasteiger partial charge in [0.15, 0.2) is 0 Å². The van der Waals surface area contributed by atoms with E-state index in [0.29, 0.717) is 0 Å². The molecule has 1 rings (SSSR count). The molecule has 0 saturated heterocycles. The molecule has 0 aliphatic heterocycles. The lowest BCUT2D eigenvalue weighted by Gasteiger charge is -2.11. The molecule has 0 radical (unpaired) electrons. The zero-order valence-corrected chi connectivity index (χ0v) is 9.70. The number of hydrogen-bond donors (Lipinski definition) is 1. The summed E-state index contributed by atoms with van der Waals surface area (Å²) in [6.07, 6.45) is 4.47. The summed E-state index contributed by atoms with van der Waals surface area (Å²) in [6, 6.07) is 8.42. The first-order chi connectivity index (χ1) is 7.26. The van der Waals surface area contributed by atoms with Gasteiger partial charge in [-0.25, -0.2) is 0 Å². The molecular weight excluding hydrogens is 186 g/mol. The number of benzene rings is 1. The van der Waals surface area contributed by atoms with Gasteiger partial charge in [-0.3, -0.25) is 0 Å². The van der Waals surface area contributed by atoms with E-state index in [4.69, 9.17) is 10.5 Å². The summed E-state index contributed by atoms with van der Waals surface area (Å²) in [5.41, 5.74) is 7.30. The normalized spacial score (nSPS) is 12.5. The molecule has 0 aromatic heterocycles. The van der Waals surface area contributed by atoms with Crippen molar-refractivity contribution in [2.45, 2.75) is 38.6 Å². The van der Waals surface area contributed by atoms with E-state index >= 15 is 0 Å². The Kier molecular flexibility index (Phi) is 5.19. The summed E-state index contributed by atoms with van der Waals surface area (Å²) in [5, 5.41) is 0. The van der Waals surface area contributed by atoms with Crippen molar-refractivity contribution in [1.82, 2.24) is 0 Å². The van der Waals surface area contributed by atoms with Crippen molar-refractivity contribution in [2.24, 2.45) is 5.73 Å². The van der Waals surface area contributed by atoms with E-state index in [1.54, 1.807) is 7.11 Å². The second kappa shape index (κ2) is 6.46. The van der Waals surface area contributed by atoms with E-state index in [9.17, 15) is 0 Å². The van der Waals surface area contributed by atoms with Gasteiger partial charge in [0.25, 0.3) is 0 Å². The number of ether oxygens (including phenoxy) is 1. The minimum Gasteiger partial charge on any atom is -0.497 e. The molecule has 0 heterocycles. The fourth-order valence-electron chi connectivity index (χ4n) is 1.67. The Labute approximate surface area is 92.4 Å². The molecule has 2 N–H and O–H groups in total. The van der Waals surface area contributed by atoms with Gasteiger partial charge in [-0.1, -0.05) is 31.9 Å². The van der Waals surface area contributed by atoms with Gasteiger partial charge in [0.2, 0.25) is 0 Å². The minimum atomic E-state index is 0.275. The Hall–Kier alpha value is -1.02. The highest BCUT2D eigenvalue weighted by atomic mass is 16.5. The highest BCUT2D eigenvalue weighted by molar-refractivity contribution is 5.28. The molecule has 1 unspecified atom stereocenters. The van der Waals surface area contributed by atoms with Crippen molar-refractivity contribution in [1.29, 1.82) is 0 Å². The lowest BCUT2D eigenvalue weighted by Crippen LogP contribution is -2.22. The Morgan fingerprint density at radius 1 is 1.40 bits per heavy atom. The average molecular weight is 207 g/mol. The lowest BCUT2D eigenvalue weighted by molar-refractivity contribution is 0.414. The fraction of sp³-hybridized carbons (Fsp3) is 0.538. The minimum absolute atomic E-state index is 0.275. The van der Waals surface area contributed by atoms with Crippen LogP contribution in [0.2, 0.25) is 0 Å². The van der Waals surface area contributed by atoms with Crippen LogP contribution < -0.4 is 10.5 Å². The van der Waals surface area contributed by atoms with E-state index < -0.39 is 0 Å². The molecule has 1 atom stereocenters. The maximum Gasteiger partial charge on any atom is 0.119 e. The molecule has 1 aromatic carbocycles. The van der Waals surface area contributed by atoms with Gasteiger partial charge in [-0.05, 0) is 30.5 Å². The van der Waals surface area contributed by atoms with Crippen molar-refractivity contribution in [3.63, 3.8) is 0 Å². The third-order valence-electron chi connectivity index (χ3n) is 2.56. The van der Waals surface area contributed by atoms with E-state index in [-0.39, 0.29) is 6.04 Å². The van der Waals surface area contributed by atoms with E-state index in [0.717, 1.165) is 18.6 Å². The molecule has 84 valence electrons. The Morgan fingerprint density at radius 2 is 2.20 bits per heavy atom. The average Bonchev–Trinajstić information content (AvgIpc) is 2.26. The quantitative estimate of drug-likeness (QED) is 0.778. The van der Waals surface area contributed by atoms with E-state index in [1.165, 1.54) is 18.4 Å². The zero-order valence-electron chi connectivity index (χ0n) is 9.70. The van der Waals surface area contributed by atoms with E-state index in [2.05, 4.69) is 19.1 Å². The van der Waals surface area contributed by atoms with Gasteiger partial charge in [-0.2, -0.15) is 0 Å². The third-order valence-corrected chi connectivity index (χ3v) is 2.56. The number of nitrogens with two attached hydrogens (primary N) is 1. The molecule has 0 amide bonds. The highest BCUT2D eigenvalue weighted by Crippen LogP contribution is 2.14. The van der Waals surface area contributed by atoms with Crippen LogP contribution in [0.1, 0.15) is 31.7 Å². The lowest BCUT2D eigenvalue weighted by atomic mass is 10.0. The first kappa shape index (κ1) is 12.1. The Balaban J connectivity index is 2.48. The van der Waals surface area contributed by atoms with E-state index in [1.807, 2.05) is 12.1 Å². The number of hydrogen-bond acceptors (Lipinski definition) is 2. The molecule has 2 nitrogen and oxygen atoms in total. The summed E-state index contributed by atoms with van der Waals surface area (Å²) in [6.45, 7) is 2.19. The van der Waals surface area contributed by atoms with Crippen LogP contribution in [-0.4, -0.2) is 13.2 Å². The van der Waals surface area contributed by atoms with Gasteiger partial charge >= 0.3 is 0 Å². The van der Waals surface area contributed by atoms with Crippen LogP contribution in [0.25, 0.3) is 0 Å². The Bertz CT molecular complexity index is 286. The maximum absolute atomic E-state index is 6.04. The van der Waals surface area contributed by atoms with Crippen molar-refractivity contribution in [3.8, 4) is 5.75 Å². The predicted molar refractivity (Wildman–Crippen MR) is 64.2 cm³/mol. The molecular formula is C13H21NO. The van der Waals surface area contributed by atoms with Crippen LogP contribution in [-0.2, 0) is 6.42 Å². The van der Waals surface area contributed by atoms with Crippen molar-refractivity contribution in [3.05, 3.63) is 29.8 Å². The zero-order chi connectivity index (χ0) is 11.1. The molecule has 1 aromatic rings. The largest absolute Gasteiger partial charge is 0.497 e. The maximum atomic E-state index is 6.04. The van der Waals surface area contributed by atoms with Gasteiger partial charge in [0, 0.05) is 6.04 Å². The van der Waals surface area contributed by atoms with Crippen molar-refractivity contribution < 1.29 is 4.74 Å². The molecule has 2 heteroatoms. The van der Waals surface area contributed by atoms with Crippen LogP contribution in [0.4, 0.5) is 0 Å². The summed E-state index contributed by atoms with van der Waals surface area (Å²) >= 11 is 0. The van der Waals surface area contributed by atoms with Crippen LogP contribution in [0.15, 0.2) is 24.3 Å². The van der Waals surface area contributed by atoms with Crippen LogP contribution in [0, 0.1) is 0 Å². The van der Waals surface area contributed by atoms with Crippen molar-refractivity contribution >= 4 is 0 Å². The monoisotopic (exact) mass is 207 g/mol. The highest BCUT2D eigenvalue weighted by Gasteiger charge is 2.04. The summed E-state index contributed by atoms with van der Waals surface area (Å²) in [4.78, 5) is 0. The first-order valence-corrected chi connectivity index (χ1v) is 5.64. The number of methoxy groups -OCH3 is 1. The number of unbranched alkanes of at least 4 members (excludes halogenated alkanes) is 1. The summed E-state index contributed by atoms with van der Waals surface area (Å²) < 4.78 is 5.18. The second-order valence-electron chi connectivity index (χ2n) is 3.96. The number of rotatable bonds is 6. The van der Waals surface area contributed by atoms with Gasteiger partial charge < -0.3 is 10.5 Å². The topological polar surface area (TPSA) is 35.2 Å². The molecule has 15 heavy (non-hydrogen) atoms. The van der Waals surface area contributed by atoms with Crippen molar-refractivity contribution in [2.75, 3.05) is 7.11 Å².